The van der Waals surface area contributed by atoms with E-state index >= 15 is 0 Å². The number of fused-ring (bicyclic) bond motifs is 1. The second-order valence-electron chi connectivity index (χ2n) is 4.96. The Balaban J connectivity index is 1.92. The smallest absolute Gasteiger partial charge is 0.0127 e. The van der Waals surface area contributed by atoms with Gasteiger partial charge in [0.2, 0.25) is 0 Å². The fraction of sp³-hybridized carbons (Fsp3) is 1.00. The molecule has 2 aliphatic rings. The lowest BCUT2D eigenvalue weighted by atomic mass is 9.84. The van der Waals surface area contributed by atoms with E-state index in [-0.39, 0.29) is 0 Å². The summed E-state index contributed by atoms with van der Waals surface area (Å²) in [7, 11) is 0. The van der Waals surface area contributed by atoms with Crippen LogP contribution in [-0.2, 0) is 0 Å². The van der Waals surface area contributed by atoms with E-state index in [1.165, 1.54) is 45.2 Å². The molecule has 0 spiro atoms. The highest BCUT2D eigenvalue weighted by molar-refractivity contribution is 4.93. The highest BCUT2D eigenvalue weighted by Crippen LogP contribution is 2.38. The summed E-state index contributed by atoms with van der Waals surface area (Å²) < 4.78 is 0. The van der Waals surface area contributed by atoms with Crippen molar-refractivity contribution in [3.8, 4) is 0 Å². The zero-order chi connectivity index (χ0) is 9.26. The van der Waals surface area contributed by atoms with Gasteiger partial charge in [0, 0.05) is 6.04 Å². The lowest BCUT2D eigenvalue weighted by molar-refractivity contribution is 0.238. The van der Waals surface area contributed by atoms with Gasteiger partial charge in [0.15, 0.2) is 0 Å². The number of nitrogens with zero attached hydrogens (tertiary/aromatic N) is 1. The standard InChI is InChI=1S/C12H23N/c1-3-5-10(2)11-7-9-13-8-4-6-12(11)13/h10-12H,3-9H2,1-2H3. The molecule has 2 fully saturated rings. The third kappa shape index (κ3) is 1.76. The first kappa shape index (κ1) is 9.51. The Bertz CT molecular complexity index is 167. The van der Waals surface area contributed by atoms with Gasteiger partial charge in [0.05, 0.1) is 0 Å². The minimum atomic E-state index is 0.970. The van der Waals surface area contributed by atoms with Crippen molar-refractivity contribution >= 4 is 0 Å². The van der Waals surface area contributed by atoms with Gasteiger partial charge in [0.1, 0.15) is 0 Å². The second-order valence-corrected chi connectivity index (χ2v) is 4.96. The van der Waals surface area contributed by atoms with E-state index in [9.17, 15) is 0 Å². The van der Waals surface area contributed by atoms with Crippen molar-refractivity contribution in [2.45, 2.75) is 52.0 Å². The first-order valence-electron chi connectivity index (χ1n) is 6.07. The van der Waals surface area contributed by atoms with Gasteiger partial charge in [-0.25, -0.2) is 0 Å². The number of hydrogen-bond acceptors (Lipinski definition) is 1. The van der Waals surface area contributed by atoms with E-state index in [2.05, 4.69) is 18.7 Å². The molecule has 1 nitrogen and oxygen atoms in total. The Labute approximate surface area is 82.5 Å². The van der Waals surface area contributed by atoms with Crippen LogP contribution in [0.25, 0.3) is 0 Å². The zero-order valence-electron chi connectivity index (χ0n) is 9.13. The molecule has 13 heavy (non-hydrogen) atoms. The van der Waals surface area contributed by atoms with Crippen molar-refractivity contribution in [1.29, 1.82) is 0 Å². The summed E-state index contributed by atoms with van der Waals surface area (Å²) in [5.41, 5.74) is 0. The van der Waals surface area contributed by atoms with Gasteiger partial charge in [-0.15, -0.1) is 0 Å². The second kappa shape index (κ2) is 4.00. The molecule has 1 heteroatoms. The Hall–Kier alpha value is -0.0400. The first-order chi connectivity index (χ1) is 6.33. The number of rotatable bonds is 3. The molecule has 0 N–H and O–H groups in total. The van der Waals surface area contributed by atoms with E-state index in [1.807, 2.05) is 0 Å². The summed E-state index contributed by atoms with van der Waals surface area (Å²) in [6, 6.07) is 0.974. The third-order valence-corrected chi connectivity index (χ3v) is 4.13. The molecule has 2 heterocycles. The molecule has 2 rings (SSSR count). The molecular formula is C12H23N. The molecule has 0 aliphatic carbocycles. The van der Waals surface area contributed by atoms with Crippen LogP contribution in [0.15, 0.2) is 0 Å². The Kier molecular flexibility index (Phi) is 2.92. The first-order valence-corrected chi connectivity index (χ1v) is 6.07. The van der Waals surface area contributed by atoms with Crippen molar-refractivity contribution in [3.63, 3.8) is 0 Å². The maximum Gasteiger partial charge on any atom is 0.0127 e. The number of hydrogen-bond donors (Lipinski definition) is 0. The minimum absolute atomic E-state index is 0.970. The molecule has 2 aliphatic heterocycles. The maximum atomic E-state index is 2.73. The minimum Gasteiger partial charge on any atom is -0.300 e. The largest absolute Gasteiger partial charge is 0.300 e. The summed E-state index contributed by atoms with van der Waals surface area (Å²) in [6.07, 6.45) is 7.23. The molecule has 2 saturated heterocycles. The molecule has 0 saturated carbocycles. The summed E-state index contributed by atoms with van der Waals surface area (Å²) in [5, 5.41) is 0. The van der Waals surface area contributed by atoms with Crippen LogP contribution in [0.3, 0.4) is 0 Å². The fourth-order valence-corrected chi connectivity index (χ4v) is 3.45. The Morgan fingerprint density at radius 1 is 1.31 bits per heavy atom. The summed E-state index contributed by atoms with van der Waals surface area (Å²) in [6.45, 7) is 7.57. The maximum absolute atomic E-state index is 2.73. The highest BCUT2D eigenvalue weighted by Gasteiger charge is 2.38. The average Bonchev–Trinajstić information content (AvgIpc) is 2.62. The van der Waals surface area contributed by atoms with Crippen LogP contribution in [0.4, 0.5) is 0 Å². The van der Waals surface area contributed by atoms with Crippen molar-refractivity contribution in [1.82, 2.24) is 4.90 Å². The van der Waals surface area contributed by atoms with Crippen molar-refractivity contribution in [2.24, 2.45) is 11.8 Å². The van der Waals surface area contributed by atoms with E-state index in [0.717, 1.165) is 17.9 Å². The predicted octanol–water partition coefficient (Wildman–Crippen LogP) is 2.91. The normalized spacial score (nSPS) is 36.5. The van der Waals surface area contributed by atoms with Crippen LogP contribution in [0.2, 0.25) is 0 Å². The van der Waals surface area contributed by atoms with Crippen LogP contribution in [0.5, 0.6) is 0 Å². The molecule has 3 atom stereocenters. The molecule has 0 bridgehead atoms. The van der Waals surface area contributed by atoms with E-state index < -0.39 is 0 Å². The molecular weight excluding hydrogens is 158 g/mol. The molecule has 0 aromatic rings. The van der Waals surface area contributed by atoms with Gasteiger partial charge < -0.3 is 4.90 Å². The monoisotopic (exact) mass is 181 g/mol. The average molecular weight is 181 g/mol. The van der Waals surface area contributed by atoms with Gasteiger partial charge in [-0.3, -0.25) is 0 Å². The van der Waals surface area contributed by atoms with E-state index in [4.69, 9.17) is 0 Å². The molecule has 0 aromatic heterocycles. The van der Waals surface area contributed by atoms with Crippen LogP contribution in [-0.4, -0.2) is 24.0 Å². The van der Waals surface area contributed by atoms with Crippen LogP contribution < -0.4 is 0 Å². The SMILES string of the molecule is CCCC(C)C1CCN2CCCC12. The highest BCUT2D eigenvalue weighted by atomic mass is 15.2. The van der Waals surface area contributed by atoms with Gasteiger partial charge in [0.25, 0.3) is 0 Å². The van der Waals surface area contributed by atoms with Crippen molar-refractivity contribution in [3.05, 3.63) is 0 Å². The van der Waals surface area contributed by atoms with Gasteiger partial charge in [-0.05, 0) is 44.2 Å². The third-order valence-electron chi connectivity index (χ3n) is 4.13. The van der Waals surface area contributed by atoms with Crippen LogP contribution in [0.1, 0.15) is 46.0 Å². The Morgan fingerprint density at radius 2 is 2.15 bits per heavy atom. The molecule has 0 amide bonds. The molecule has 0 aromatic carbocycles. The van der Waals surface area contributed by atoms with Crippen LogP contribution in [0, 0.1) is 11.8 Å². The summed E-state index contributed by atoms with van der Waals surface area (Å²) >= 11 is 0. The van der Waals surface area contributed by atoms with E-state index in [1.54, 1.807) is 0 Å². The fourth-order valence-electron chi connectivity index (χ4n) is 3.45. The predicted molar refractivity (Wildman–Crippen MR) is 56.8 cm³/mol. The van der Waals surface area contributed by atoms with Crippen molar-refractivity contribution < 1.29 is 0 Å². The van der Waals surface area contributed by atoms with Gasteiger partial charge in [-0.1, -0.05) is 26.7 Å². The zero-order valence-corrected chi connectivity index (χ0v) is 9.13. The van der Waals surface area contributed by atoms with Gasteiger partial charge in [-0.2, -0.15) is 0 Å². The lowest BCUT2D eigenvalue weighted by Crippen LogP contribution is -2.28. The van der Waals surface area contributed by atoms with Crippen LogP contribution >= 0.6 is 0 Å². The topological polar surface area (TPSA) is 3.24 Å². The molecule has 0 radical (unpaired) electrons. The molecule has 76 valence electrons. The van der Waals surface area contributed by atoms with Crippen molar-refractivity contribution in [2.75, 3.05) is 13.1 Å². The van der Waals surface area contributed by atoms with Gasteiger partial charge >= 0.3 is 0 Å². The Morgan fingerprint density at radius 3 is 2.92 bits per heavy atom. The molecule has 3 unspecified atom stereocenters. The summed E-state index contributed by atoms with van der Waals surface area (Å²) in [5.74, 6) is 2.00. The lowest BCUT2D eigenvalue weighted by Gasteiger charge is -2.25. The summed E-state index contributed by atoms with van der Waals surface area (Å²) in [4.78, 5) is 2.73. The van der Waals surface area contributed by atoms with E-state index in [0.29, 0.717) is 0 Å². The quantitative estimate of drug-likeness (QED) is 0.647.